The maximum Gasteiger partial charge on any atom is 0.417 e. The number of oxazole rings is 1. The molecule has 1 atom stereocenters. The van der Waals surface area contributed by atoms with Gasteiger partial charge in [-0.1, -0.05) is 0 Å². The van der Waals surface area contributed by atoms with Gasteiger partial charge in [-0.2, -0.15) is 4.31 Å². The molecule has 1 aliphatic rings. The highest BCUT2D eigenvalue weighted by Gasteiger charge is 2.32. The summed E-state index contributed by atoms with van der Waals surface area (Å²) in [5.74, 6) is -0.627. The first-order chi connectivity index (χ1) is 9.50. The van der Waals surface area contributed by atoms with E-state index < -0.39 is 15.8 Å². The summed E-state index contributed by atoms with van der Waals surface area (Å²) in [6.07, 6.45) is 0.653. The molecule has 1 fully saturated rings. The summed E-state index contributed by atoms with van der Waals surface area (Å²) in [5.41, 5.74) is 0.678. The highest BCUT2D eigenvalue weighted by molar-refractivity contribution is 7.89. The van der Waals surface area contributed by atoms with Gasteiger partial charge in [0, 0.05) is 19.7 Å². The van der Waals surface area contributed by atoms with Gasteiger partial charge in [-0.25, -0.2) is 13.2 Å². The fourth-order valence-electron chi connectivity index (χ4n) is 2.41. The number of rotatable bonds is 3. The van der Waals surface area contributed by atoms with Crippen LogP contribution in [-0.4, -0.2) is 42.5 Å². The molecule has 20 heavy (non-hydrogen) atoms. The van der Waals surface area contributed by atoms with Gasteiger partial charge in [-0.05, 0) is 30.5 Å². The number of aromatic nitrogens is 1. The number of H-pyrrole nitrogens is 1. The molecule has 8 heteroatoms. The van der Waals surface area contributed by atoms with Gasteiger partial charge in [0.05, 0.1) is 10.4 Å². The molecular weight excluding hydrogens is 284 g/mol. The molecule has 0 amide bonds. The van der Waals surface area contributed by atoms with E-state index in [2.05, 4.69) is 4.98 Å². The van der Waals surface area contributed by atoms with Crippen molar-refractivity contribution in [1.82, 2.24) is 9.29 Å². The van der Waals surface area contributed by atoms with E-state index in [9.17, 15) is 13.2 Å². The number of aromatic amines is 1. The topological polar surface area (TPSA) is 104 Å². The molecule has 0 aliphatic carbocycles. The lowest BCUT2D eigenvalue weighted by atomic mass is 10.1. The van der Waals surface area contributed by atoms with Gasteiger partial charge in [0.1, 0.15) is 0 Å². The van der Waals surface area contributed by atoms with Gasteiger partial charge in [0.25, 0.3) is 0 Å². The number of aliphatic hydroxyl groups is 1. The van der Waals surface area contributed by atoms with Crippen molar-refractivity contribution in [3.05, 3.63) is 28.7 Å². The number of benzene rings is 1. The second-order valence-electron chi connectivity index (χ2n) is 4.87. The zero-order chi connectivity index (χ0) is 14.3. The SMILES string of the molecule is O=c1[nH]c2cc(S(=O)(=O)N3CCC(CO)C3)ccc2o1. The molecule has 1 aromatic carbocycles. The Hall–Kier alpha value is -1.64. The van der Waals surface area contributed by atoms with E-state index >= 15 is 0 Å². The minimum absolute atomic E-state index is 0.0118. The number of fused-ring (bicyclic) bond motifs is 1. The molecule has 0 saturated carbocycles. The predicted molar refractivity (Wildman–Crippen MR) is 70.8 cm³/mol. The van der Waals surface area contributed by atoms with Gasteiger partial charge in [-0.3, -0.25) is 4.98 Å². The quantitative estimate of drug-likeness (QED) is 0.838. The van der Waals surface area contributed by atoms with Crippen LogP contribution in [0.4, 0.5) is 0 Å². The van der Waals surface area contributed by atoms with Crippen molar-refractivity contribution in [2.45, 2.75) is 11.3 Å². The van der Waals surface area contributed by atoms with Crippen molar-refractivity contribution in [2.75, 3.05) is 19.7 Å². The van der Waals surface area contributed by atoms with Crippen LogP contribution in [-0.2, 0) is 10.0 Å². The third-order valence-electron chi connectivity index (χ3n) is 3.53. The van der Waals surface area contributed by atoms with E-state index in [1.165, 1.54) is 22.5 Å². The van der Waals surface area contributed by atoms with Crippen LogP contribution in [0.1, 0.15) is 6.42 Å². The van der Waals surface area contributed by atoms with E-state index in [4.69, 9.17) is 9.52 Å². The number of sulfonamides is 1. The van der Waals surface area contributed by atoms with Gasteiger partial charge in [0.2, 0.25) is 10.0 Å². The lowest BCUT2D eigenvalue weighted by Crippen LogP contribution is -2.29. The molecule has 1 saturated heterocycles. The maximum absolute atomic E-state index is 12.5. The molecule has 7 nitrogen and oxygen atoms in total. The van der Waals surface area contributed by atoms with Crippen molar-refractivity contribution in [3.63, 3.8) is 0 Å². The number of nitrogens with zero attached hydrogens (tertiary/aromatic N) is 1. The molecule has 1 aromatic heterocycles. The van der Waals surface area contributed by atoms with Crippen LogP contribution in [0.5, 0.6) is 0 Å². The Morgan fingerprint density at radius 3 is 2.95 bits per heavy atom. The Balaban J connectivity index is 1.98. The molecule has 1 unspecified atom stereocenters. The molecule has 1 aliphatic heterocycles. The standard InChI is InChI=1S/C12H14N2O5S/c15-7-8-3-4-14(6-8)20(17,18)9-1-2-11-10(5-9)13-12(16)19-11/h1-2,5,8,15H,3-4,6-7H2,(H,13,16). The normalized spacial score (nSPS) is 20.8. The van der Waals surface area contributed by atoms with Crippen LogP contribution in [0.2, 0.25) is 0 Å². The van der Waals surface area contributed by atoms with Crippen molar-refractivity contribution in [3.8, 4) is 0 Å². The summed E-state index contributed by atoms with van der Waals surface area (Å²) in [6, 6.07) is 4.27. The lowest BCUT2D eigenvalue weighted by molar-refractivity contribution is 0.233. The largest absolute Gasteiger partial charge is 0.417 e. The average molecular weight is 298 g/mol. The maximum atomic E-state index is 12.5. The monoisotopic (exact) mass is 298 g/mol. The van der Waals surface area contributed by atoms with Crippen molar-refractivity contribution < 1.29 is 17.9 Å². The molecule has 2 heterocycles. The molecule has 0 bridgehead atoms. The van der Waals surface area contributed by atoms with Gasteiger partial charge in [0.15, 0.2) is 5.58 Å². The van der Waals surface area contributed by atoms with Gasteiger partial charge in [-0.15, -0.1) is 0 Å². The zero-order valence-corrected chi connectivity index (χ0v) is 11.4. The highest BCUT2D eigenvalue weighted by Crippen LogP contribution is 2.25. The van der Waals surface area contributed by atoms with Crippen molar-refractivity contribution in [2.24, 2.45) is 5.92 Å². The van der Waals surface area contributed by atoms with Gasteiger partial charge >= 0.3 is 5.76 Å². The summed E-state index contributed by atoms with van der Waals surface area (Å²) >= 11 is 0. The van der Waals surface area contributed by atoms with Crippen LogP contribution < -0.4 is 5.76 Å². The van der Waals surface area contributed by atoms with Crippen LogP contribution in [0.3, 0.4) is 0 Å². The Labute approximate surface area is 114 Å². The minimum Gasteiger partial charge on any atom is -0.408 e. The number of aliphatic hydroxyl groups excluding tert-OH is 1. The van der Waals surface area contributed by atoms with Crippen LogP contribution >= 0.6 is 0 Å². The Morgan fingerprint density at radius 1 is 1.45 bits per heavy atom. The molecule has 0 radical (unpaired) electrons. The summed E-state index contributed by atoms with van der Waals surface area (Å²) in [4.78, 5) is 13.6. The summed E-state index contributed by atoms with van der Waals surface area (Å²) in [7, 11) is -3.61. The Morgan fingerprint density at radius 2 is 2.25 bits per heavy atom. The Bertz CT molecular complexity index is 792. The first-order valence-corrected chi connectivity index (χ1v) is 7.68. The fraction of sp³-hybridized carbons (Fsp3) is 0.417. The van der Waals surface area contributed by atoms with Crippen molar-refractivity contribution in [1.29, 1.82) is 0 Å². The zero-order valence-electron chi connectivity index (χ0n) is 10.6. The molecule has 108 valence electrons. The Kier molecular flexibility index (Phi) is 3.15. The molecule has 3 rings (SSSR count). The summed E-state index contributed by atoms with van der Waals surface area (Å²) < 4.78 is 31.1. The summed E-state index contributed by atoms with van der Waals surface area (Å²) in [6.45, 7) is 0.701. The van der Waals surface area contributed by atoms with E-state index in [0.717, 1.165) is 0 Å². The molecular formula is C12H14N2O5S. The second-order valence-corrected chi connectivity index (χ2v) is 6.81. The van der Waals surface area contributed by atoms with E-state index in [1.807, 2.05) is 0 Å². The molecule has 2 aromatic rings. The molecule has 2 N–H and O–H groups in total. The lowest BCUT2D eigenvalue weighted by Gasteiger charge is -2.16. The fourth-order valence-corrected chi connectivity index (χ4v) is 3.96. The predicted octanol–water partition coefficient (Wildman–Crippen LogP) is 0.124. The van der Waals surface area contributed by atoms with E-state index in [0.29, 0.717) is 30.6 Å². The van der Waals surface area contributed by atoms with Gasteiger partial charge < -0.3 is 9.52 Å². The minimum atomic E-state index is -3.61. The average Bonchev–Trinajstić information content (AvgIpc) is 3.02. The van der Waals surface area contributed by atoms with Crippen LogP contribution in [0, 0.1) is 5.92 Å². The van der Waals surface area contributed by atoms with Crippen molar-refractivity contribution >= 4 is 21.1 Å². The summed E-state index contributed by atoms with van der Waals surface area (Å²) in [5, 5.41) is 9.09. The highest BCUT2D eigenvalue weighted by atomic mass is 32.2. The number of nitrogens with one attached hydrogen (secondary N) is 1. The molecule has 0 spiro atoms. The van der Waals surface area contributed by atoms with E-state index in [-0.39, 0.29) is 17.4 Å². The number of hydrogen-bond donors (Lipinski definition) is 2. The van der Waals surface area contributed by atoms with Crippen LogP contribution in [0.15, 0.2) is 32.3 Å². The third kappa shape index (κ3) is 2.15. The second kappa shape index (κ2) is 4.72. The van der Waals surface area contributed by atoms with E-state index in [1.54, 1.807) is 0 Å². The number of hydrogen-bond acceptors (Lipinski definition) is 5. The first-order valence-electron chi connectivity index (χ1n) is 6.24. The third-order valence-corrected chi connectivity index (χ3v) is 5.40. The first kappa shape index (κ1) is 13.3. The van der Waals surface area contributed by atoms with Crippen LogP contribution in [0.25, 0.3) is 11.1 Å². The smallest absolute Gasteiger partial charge is 0.408 e.